The predicted molar refractivity (Wildman–Crippen MR) is 109 cm³/mol. The molecule has 0 spiro atoms. The molecule has 2 amide bonds. The van der Waals surface area contributed by atoms with Crippen LogP contribution in [0.5, 0.6) is 5.75 Å². The van der Waals surface area contributed by atoms with E-state index in [2.05, 4.69) is 12.2 Å². The van der Waals surface area contributed by atoms with E-state index in [4.69, 9.17) is 10.5 Å². The van der Waals surface area contributed by atoms with Crippen LogP contribution in [0.4, 0.5) is 5.00 Å². The van der Waals surface area contributed by atoms with Gasteiger partial charge >= 0.3 is 0 Å². The van der Waals surface area contributed by atoms with Crippen LogP contribution in [-0.2, 0) is 12.8 Å². The molecule has 0 saturated carbocycles. The number of carbonyl (C=O) groups excluding carboxylic acids is 2. The summed E-state index contributed by atoms with van der Waals surface area (Å²) < 4.78 is 5.40. The molecule has 0 radical (unpaired) electrons. The Balaban J connectivity index is 1.82. The molecule has 0 aliphatic heterocycles. The molecular weight excluding hydrogens is 360 g/mol. The Morgan fingerprint density at radius 3 is 2.63 bits per heavy atom. The number of ether oxygens (including phenoxy) is 1. The Bertz CT molecular complexity index is 827. The van der Waals surface area contributed by atoms with Gasteiger partial charge in [0.25, 0.3) is 11.8 Å². The number of primary amides is 1. The molecule has 1 aromatic heterocycles. The minimum absolute atomic E-state index is 0.246. The number of rotatable bonds is 7. The number of thiophene rings is 1. The van der Waals surface area contributed by atoms with Crippen molar-refractivity contribution in [3.63, 3.8) is 0 Å². The van der Waals surface area contributed by atoms with E-state index in [1.165, 1.54) is 22.6 Å². The number of anilines is 1. The zero-order chi connectivity index (χ0) is 19.4. The van der Waals surface area contributed by atoms with Crippen LogP contribution >= 0.6 is 11.3 Å². The molecule has 1 aromatic carbocycles. The molecule has 2 aromatic rings. The fraction of sp³-hybridized carbons (Fsp3) is 0.429. The Labute approximate surface area is 163 Å². The third-order valence-electron chi connectivity index (χ3n) is 4.97. The van der Waals surface area contributed by atoms with Crippen molar-refractivity contribution < 1.29 is 14.3 Å². The van der Waals surface area contributed by atoms with Gasteiger partial charge in [-0.15, -0.1) is 11.3 Å². The molecule has 3 N–H and O–H groups in total. The van der Waals surface area contributed by atoms with Gasteiger partial charge in [-0.2, -0.15) is 0 Å². The summed E-state index contributed by atoms with van der Waals surface area (Å²) in [5, 5.41) is 3.47. The van der Waals surface area contributed by atoms with E-state index in [1.807, 2.05) is 6.92 Å². The maximum Gasteiger partial charge on any atom is 0.256 e. The molecular formula is C21H26N2O3S. The quantitative estimate of drug-likeness (QED) is 0.740. The third kappa shape index (κ3) is 4.33. The molecule has 6 heteroatoms. The van der Waals surface area contributed by atoms with Crippen LogP contribution in [0.15, 0.2) is 24.3 Å². The highest BCUT2D eigenvalue weighted by Crippen LogP contribution is 2.40. The van der Waals surface area contributed by atoms with Crippen molar-refractivity contribution in [1.29, 1.82) is 0 Å². The van der Waals surface area contributed by atoms with Crippen molar-refractivity contribution in [2.75, 3.05) is 11.9 Å². The summed E-state index contributed by atoms with van der Waals surface area (Å²) in [6, 6.07) is 6.97. The van der Waals surface area contributed by atoms with E-state index in [0.717, 1.165) is 37.0 Å². The van der Waals surface area contributed by atoms with Crippen LogP contribution in [0.25, 0.3) is 0 Å². The average molecular weight is 387 g/mol. The monoisotopic (exact) mass is 386 g/mol. The first-order valence-electron chi connectivity index (χ1n) is 9.52. The number of nitrogens with two attached hydrogens (primary N) is 1. The third-order valence-corrected chi connectivity index (χ3v) is 6.14. The summed E-state index contributed by atoms with van der Waals surface area (Å²) in [7, 11) is 0. The number of fused-ring (bicyclic) bond motifs is 1. The normalized spacial score (nSPS) is 15.9. The van der Waals surface area contributed by atoms with E-state index in [0.29, 0.717) is 28.7 Å². The van der Waals surface area contributed by atoms with Gasteiger partial charge in [-0.25, -0.2) is 0 Å². The second-order valence-corrected chi connectivity index (χ2v) is 7.99. The number of hydrogen-bond acceptors (Lipinski definition) is 4. The van der Waals surface area contributed by atoms with E-state index in [-0.39, 0.29) is 5.91 Å². The van der Waals surface area contributed by atoms with Gasteiger partial charge < -0.3 is 15.8 Å². The van der Waals surface area contributed by atoms with Gasteiger partial charge in [0.15, 0.2) is 0 Å². The van der Waals surface area contributed by atoms with Crippen LogP contribution in [0, 0.1) is 5.92 Å². The van der Waals surface area contributed by atoms with E-state index >= 15 is 0 Å². The average Bonchev–Trinajstić information content (AvgIpc) is 3.00. The lowest BCUT2D eigenvalue weighted by molar-refractivity contribution is 0.1000. The molecule has 144 valence electrons. The second-order valence-electron chi connectivity index (χ2n) is 6.88. The molecule has 5 nitrogen and oxygen atoms in total. The highest BCUT2D eigenvalue weighted by Gasteiger charge is 2.28. The topological polar surface area (TPSA) is 81.4 Å². The molecule has 0 fully saturated rings. The highest BCUT2D eigenvalue weighted by atomic mass is 32.1. The predicted octanol–water partition coefficient (Wildman–Crippen LogP) is 4.40. The zero-order valence-electron chi connectivity index (χ0n) is 15.8. The van der Waals surface area contributed by atoms with Crippen LogP contribution in [0.1, 0.15) is 64.3 Å². The van der Waals surface area contributed by atoms with Gasteiger partial charge in [-0.1, -0.05) is 19.8 Å². The van der Waals surface area contributed by atoms with Crippen molar-refractivity contribution >= 4 is 28.2 Å². The molecule has 1 heterocycles. The molecule has 1 aliphatic rings. The summed E-state index contributed by atoms with van der Waals surface area (Å²) >= 11 is 1.50. The standard InChI is InChI=1S/C21H26N2O3S/c1-3-5-13-6-11-16-17(12-13)27-21(18(16)19(22)24)23-20(25)14-7-9-15(10-8-14)26-4-2/h7-10,13H,3-6,11-12H2,1-2H3,(H2,22,24)(H,23,25)/t13-/m1/s1. The molecule has 27 heavy (non-hydrogen) atoms. The molecule has 3 rings (SSSR count). The lowest BCUT2D eigenvalue weighted by Gasteiger charge is -2.21. The first-order valence-corrected chi connectivity index (χ1v) is 10.3. The summed E-state index contributed by atoms with van der Waals surface area (Å²) in [4.78, 5) is 25.9. The number of benzene rings is 1. The zero-order valence-corrected chi connectivity index (χ0v) is 16.7. The van der Waals surface area contributed by atoms with Crippen LogP contribution in [0.2, 0.25) is 0 Å². The Hall–Kier alpha value is -2.34. The number of carbonyl (C=O) groups is 2. The van der Waals surface area contributed by atoms with Crippen molar-refractivity contribution in [1.82, 2.24) is 0 Å². The maximum absolute atomic E-state index is 12.6. The van der Waals surface area contributed by atoms with E-state index < -0.39 is 5.91 Å². The summed E-state index contributed by atoms with van der Waals surface area (Å²) in [6.07, 6.45) is 5.25. The van der Waals surface area contributed by atoms with Crippen molar-refractivity contribution in [2.24, 2.45) is 11.7 Å². The minimum atomic E-state index is -0.469. The first-order chi connectivity index (χ1) is 13.0. The Morgan fingerprint density at radius 1 is 1.26 bits per heavy atom. The van der Waals surface area contributed by atoms with Crippen LogP contribution in [0.3, 0.4) is 0 Å². The first kappa shape index (κ1) is 19.4. The largest absolute Gasteiger partial charge is 0.494 e. The molecule has 0 bridgehead atoms. The lowest BCUT2D eigenvalue weighted by Crippen LogP contribution is -2.20. The molecule has 0 unspecified atom stereocenters. The van der Waals surface area contributed by atoms with Crippen molar-refractivity contribution in [3.05, 3.63) is 45.8 Å². The summed E-state index contributed by atoms with van der Waals surface area (Å²) in [5.41, 5.74) is 7.68. The Kier molecular flexibility index (Phi) is 6.16. The van der Waals surface area contributed by atoms with Gasteiger partial charge in [0.2, 0.25) is 0 Å². The highest BCUT2D eigenvalue weighted by molar-refractivity contribution is 7.17. The van der Waals surface area contributed by atoms with Crippen LogP contribution in [-0.4, -0.2) is 18.4 Å². The number of amides is 2. The fourth-order valence-electron chi connectivity index (χ4n) is 3.70. The van der Waals surface area contributed by atoms with Crippen LogP contribution < -0.4 is 15.8 Å². The van der Waals surface area contributed by atoms with Crippen molar-refractivity contribution in [2.45, 2.75) is 46.0 Å². The number of hydrogen-bond donors (Lipinski definition) is 2. The fourth-order valence-corrected chi connectivity index (χ4v) is 5.06. The summed E-state index contributed by atoms with van der Waals surface area (Å²) in [5.74, 6) is 0.657. The minimum Gasteiger partial charge on any atom is -0.494 e. The SMILES string of the molecule is CCC[C@@H]1CCc2c(sc(NC(=O)c3ccc(OCC)cc3)c2C(N)=O)C1. The lowest BCUT2D eigenvalue weighted by atomic mass is 9.84. The molecule has 1 aliphatic carbocycles. The molecule has 1 atom stereocenters. The van der Waals surface area contributed by atoms with Gasteiger partial charge in [0, 0.05) is 10.4 Å². The van der Waals surface area contributed by atoms with E-state index in [9.17, 15) is 9.59 Å². The van der Waals surface area contributed by atoms with Gasteiger partial charge in [0.1, 0.15) is 10.8 Å². The van der Waals surface area contributed by atoms with Crippen molar-refractivity contribution in [3.8, 4) is 5.75 Å². The summed E-state index contributed by atoms with van der Waals surface area (Å²) in [6.45, 7) is 4.68. The molecule has 0 saturated heterocycles. The maximum atomic E-state index is 12.6. The smallest absolute Gasteiger partial charge is 0.256 e. The van der Waals surface area contributed by atoms with E-state index in [1.54, 1.807) is 24.3 Å². The van der Waals surface area contributed by atoms with Gasteiger partial charge in [-0.3, -0.25) is 9.59 Å². The Morgan fingerprint density at radius 2 is 2.00 bits per heavy atom. The number of nitrogens with one attached hydrogen (secondary N) is 1. The second kappa shape index (κ2) is 8.57. The van der Waals surface area contributed by atoms with Gasteiger partial charge in [0.05, 0.1) is 12.2 Å². The van der Waals surface area contributed by atoms with Gasteiger partial charge in [-0.05, 0) is 61.9 Å².